The normalized spacial score (nSPS) is 25.2. The Bertz CT molecular complexity index is 164. The van der Waals surface area contributed by atoms with Gasteiger partial charge in [0.1, 0.15) is 0 Å². The van der Waals surface area contributed by atoms with Crippen LogP contribution in [0, 0.1) is 0 Å². The monoisotopic (exact) mass is 185 g/mol. The zero-order chi connectivity index (χ0) is 9.68. The highest BCUT2D eigenvalue weighted by molar-refractivity contribution is 5.81. The summed E-state index contributed by atoms with van der Waals surface area (Å²) in [5.74, 6) is 0.0944. The maximum absolute atomic E-state index is 11.5. The molecule has 1 fully saturated rings. The minimum absolute atomic E-state index is 0.00694. The predicted molar refractivity (Wildman–Crippen MR) is 52.3 cm³/mol. The molecule has 2 atom stereocenters. The molecule has 0 radical (unpaired) electrons. The Morgan fingerprint density at radius 1 is 1.69 bits per heavy atom. The van der Waals surface area contributed by atoms with Gasteiger partial charge in [0.05, 0.1) is 6.04 Å². The van der Waals surface area contributed by atoms with Crippen LogP contribution in [-0.4, -0.2) is 31.1 Å². The molecule has 1 heterocycles. The molecule has 4 heteroatoms. The number of amides is 1. The minimum Gasteiger partial charge on any atom is -0.353 e. The average molecular weight is 185 g/mol. The third-order valence-corrected chi connectivity index (χ3v) is 2.23. The first-order chi connectivity index (χ1) is 6.20. The van der Waals surface area contributed by atoms with E-state index >= 15 is 0 Å². The summed E-state index contributed by atoms with van der Waals surface area (Å²) < 4.78 is 0. The van der Waals surface area contributed by atoms with Gasteiger partial charge in [0.2, 0.25) is 5.91 Å². The van der Waals surface area contributed by atoms with Crippen molar-refractivity contribution in [1.82, 2.24) is 10.6 Å². The van der Waals surface area contributed by atoms with Gasteiger partial charge in [0.15, 0.2) is 0 Å². The van der Waals surface area contributed by atoms with Crippen LogP contribution in [0.1, 0.15) is 26.2 Å². The van der Waals surface area contributed by atoms with E-state index in [1.54, 1.807) is 0 Å². The van der Waals surface area contributed by atoms with Crippen molar-refractivity contribution in [3.05, 3.63) is 0 Å². The van der Waals surface area contributed by atoms with E-state index in [0.717, 1.165) is 19.4 Å². The van der Waals surface area contributed by atoms with E-state index in [9.17, 15) is 4.79 Å². The second-order valence-corrected chi connectivity index (χ2v) is 3.72. The van der Waals surface area contributed by atoms with Crippen LogP contribution in [0.4, 0.5) is 0 Å². The first kappa shape index (κ1) is 10.5. The Kier molecular flexibility index (Phi) is 4.18. The van der Waals surface area contributed by atoms with Gasteiger partial charge in [-0.2, -0.15) is 0 Å². The molecule has 0 aliphatic carbocycles. The molecule has 0 spiro atoms. The van der Waals surface area contributed by atoms with Crippen molar-refractivity contribution in [2.75, 3.05) is 13.1 Å². The Morgan fingerprint density at radius 3 is 3.00 bits per heavy atom. The Labute approximate surface area is 79.3 Å². The highest BCUT2D eigenvalue weighted by atomic mass is 16.2. The van der Waals surface area contributed by atoms with Gasteiger partial charge in [-0.1, -0.05) is 6.42 Å². The number of piperidine rings is 1. The van der Waals surface area contributed by atoms with Crippen LogP contribution < -0.4 is 16.4 Å². The maximum Gasteiger partial charge on any atom is 0.237 e. The number of hydrogen-bond acceptors (Lipinski definition) is 3. The molecule has 0 aromatic carbocycles. The smallest absolute Gasteiger partial charge is 0.237 e. The van der Waals surface area contributed by atoms with E-state index in [4.69, 9.17) is 5.73 Å². The summed E-state index contributed by atoms with van der Waals surface area (Å²) in [5.41, 5.74) is 5.54. The van der Waals surface area contributed by atoms with Crippen LogP contribution in [-0.2, 0) is 4.79 Å². The number of carbonyl (C=O) groups is 1. The zero-order valence-corrected chi connectivity index (χ0v) is 8.18. The predicted octanol–water partition coefficient (Wildman–Crippen LogP) is -0.408. The fourth-order valence-corrected chi connectivity index (χ4v) is 1.46. The van der Waals surface area contributed by atoms with Gasteiger partial charge in [0, 0.05) is 12.6 Å². The average Bonchev–Trinajstić information content (AvgIpc) is 2.15. The summed E-state index contributed by atoms with van der Waals surface area (Å²) in [6, 6.07) is 0.0417. The Balaban J connectivity index is 2.21. The summed E-state index contributed by atoms with van der Waals surface area (Å²) in [5, 5.41) is 6.02. The van der Waals surface area contributed by atoms with Gasteiger partial charge >= 0.3 is 0 Å². The molecule has 1 aliphatic rings. The number of carbonyl (C=O) groups excluding carboxylic acids is 1. The highest BCUT2D eigenvalue weighted by Gasteiger charge is 2.19. The van der Waals surface area contributed by atoms with E-state index in [2.05, 4.69) is 10.6 Å². The highest BCUT2D eigenvalue weighted by Crippen LogP contribution is 2.06. The van der Waals surface area contributed by atoms with Gasteiger partial charge < -0.3 is 16.4 Å². The molecular weight excluding hydrogens is 166 g/mol. The molecule has 1 rings (SSSR count). The van der Waals surface area contributed by atoms with Crippen molar-refractivity contribution in [2.24, 2.45) is 5.73 Å². The molecule has 13 heavy (non-hydrogen) atoms. The molecular formula is C9H19N3O. The summed E-state index contributed by atoms with van der Waals surface area (Å²) in [6.45, 7) is 3.40. The Hall–Kier alpha value is -0.610. The maximum atomic E-state index is 11.5. The lowest BCUT2D eigenvalue weighted by atomic mass is 10.0. The van der Waals surface area contributed by atoms with Gasteiger partial charge in [-0.05, 0) is 26.3 Å². The number of nitrogens with two attached hydrogens (primary N) is 1. The molecule has 1 aliphatic heterocycles. The topological polar surface area (TPSA) is 67.1 Å². The van der Waals surface area contributed by atoms with Crippen molar-refractivity contribution < 1.29 is 4.79 Å². The number of hydrogen-bond donors (Lipinski definition) is 3. The van der Waals surface area contributed by atoms with Crippen molar-refractivity contribution in [3.63, 3.8) is 0 Å². The lowest BCUT2D eigenvalue weighted by Gasteiger charge is -2.22. The molecule has 1 amide bonds. The molecule has 0 aromatic heterocycles. The van der Waals surface area contributed by atoms with Crippen LogP contribution in [0.3, 0.4) is 0 Å². The molecule has 76 valence electrons. The number of rotatable bonds is 3. The zero-order valence-electron chi connectivity index (χ0n) is 8.18. The van der Waals surface area contributed by atoms with E-state index in [0.29, 0.717) is 6.54 Å². The lowest BCUT2D eigenvalue weighted by molar-refractivity contribution is -0.123. The second-order valence-electron chi connectivity index (χ2n) is 3.72. The third kappa shape index (κ3) is 3.74. The summed E-state index contributed by atoms with van der Waals surface area (Å²) in [6.07, 6.45) is 3.27. The second kappa shape index (κ2) is 5.19. The van der Waals surface area contributed by atoms with Crippen molar-refractivity contribution in [3.8, 4) is 0 Å². The quantitative estimate of drug-likeness (QED) is 0.560. The number of nitrogens with one attached hydrogen (secondary N) is 2. The van der Waals surface area contributed by atoms with Crippen molar-refractivity contribution >= 4 is 5.91 Å². The molecule has 4 N–H and O–H groups in total. The fraction of sp³-hybridized carbons (Fsp3) is 0.889. The van der Waals surface area contributed by atoms with Crippen LogP contribution in [0.2, 0.25) is 0 Å². The van der Waals surface area contributed by atoms with Gasteiger partial charge in [-0.3, -0.25) is 4.79 Å². The van der Waals surface area contributed by atoms with Crippen LogP contribution in [0.15, 0.2) is 0 Å². The van der Waals surface area contributed by atoms with Crippen LogP contribution in [0.5, 0.6) is 0 Å². The molecule has 0 saturated carbocycles. The molecule has 1 saturated heterocycles. The first-order valence-electron chi connectivity index (χ1n) is 4.97. The molecule has 0 aromatic rings. The first-order valence-corrected chi connectivity index (χ1v) is 4.97. The third-order valence-electron chi connectivity index (χ3n) is 2.23. The molecule has 4 nitrogen and oxygen atoms in total. The fourth-order valence-electron chi connectivity index (χ4n) is 1.46. The van der Waals surface area contributed by atoms with E-state index in [1.807, 2.05) is 6.92 Å². The minimum atomic E-state index is 0.00694. The largest absolute Gasteiger partial charge is 0.353 e. The molecule has 1 unspecified atom stereocenters. The van der Waals surface area contributed by atoms with E-state index in [1.165, 1.54) is 6.42 Å². The summed E-state index contributed by atoms with van der Waals surface area (Å²) >= 11 is 0. The molecule has 0 bridgehead atoms. The summed E-state index contributed by atoms with van der Waals surface area (Å²) in [7, 11) is 0. The summed E-state index contributed by atoms with van der Waals surface area (Å²) in [4.78, 5) is 11.5. The van der Waals surface area contributed by atoms with E-state index in [-0.39, 0.29) is 18.0 Å². The van der Waals surface area contributed by atoms with Crippen LogP contribution >= 0.6 is 0 Å². The van der Waals surface area contributed by atoms with Gasteiger partial charge in [-0.25, -0.2) is 0 Å². The van der Waals surface area contributed by atoms with Gasteiger partial charge in [0.25, 0.3) is 0 Å². The van der Waals surface area contributed by atoms with E-state index < -0.39 is 0 Å². The van der Waals surface area contributed by atoms with Crippen molar-refractivity contribution in [1.29, 1.82) is 0 Å². The Morgan fingerprint density at radius 2 is 2.46 bits per heavy atom. The SMILES string of the molecule is CC(N)CNC(=O)[C@@H]1CCCCN1. The van der Waals surface area contributed by atoms with Gasteiger partial charge in [-0.15, -0.1) is 0 Å². The standard InChI is InChI=1S/C9H19N3O/c1-7(10)6-12-9(13)8-4-2-3-5-11-8/h7-8,11H,2-6,10H2,1H3,(H,12,13)/t7?,8-/m0/s1. The van der Waals surface area contributed by atoms with Crippen LogP contribution in [0.25, 0.3) is 0 Å². The van der Waals surface area contributed by atoms with Crippen molar-refractivity contribution in [2.45, 2.75) is 38.3 Å². The lowest BCUT2D eigenvalue weighted by Crippen LogP contribution is -2.48.